The summed E-state index contributed by atoms with van der Waals surface area (Å²) in [5.74, 6) is 0.0940. The molecule has 0 aliphatic carbocycles. The van der Waals surface area contributed by atoms with Crippen molar-refractivity contribution in [2.24, 2.45) is 0 Å². The van der Waals surface area contributed by atoms with Crippen LogP contribution in [0.1, 0.15) is 24.1 Å². The maximum Gasteiger partial charge on any atom is 0.152 e. The minimum atomic E-state index is -0.134. The van der Waals surface area contributed by atoms with Crippen molar-refractivity contribution in [3.05, 3.63) is 51.5 Å². The van der Waals surface area contributed by atoms with Crippen molar-refractivity contribution in [3.8, 4) is 11.5 Å². The van der Waals surface area contributed by atoms with Crippen molar-refractivity contribution in [1.82, 2.24) is 0 Å². The molecule has 0 aliphatic heterocycles. The van der Waals surface area contributed by atoms with Gasteiger partial charge in [-0.1, -0.05) is 40.9 Å². The second-order valence-electron chi connectivity index (χ2n) is 4.72. The smallest absolute Gasteiger partial charge is 0.152 e. The number of halogens is 2. The molecule has 2 aromatic carbocycles. The summed E-state index contributed by atoms with van der Waals surface area (Å²) in [7, 11) is 0. The number of hydrogen-bond acceptors (Lipinski definition) is 3. The molecule has 0 amide bonds. The molecule has 1 atom stereocenters. The van der Waals surface area contributed by atoms with E-state index in [0.29, 0.717) is 5.69 Å². The highest BCUT2D eigenvalue weighted by Crippen LogP contribution is 2.36. The quantitative estimate of drug-likeness (QED) is 0.708. The second-order valence-corrected chi connectivity index (χ2v) is 5.53. The number of aromatic hydroxyl groups is 2. The molecular weight excluding hydrogens is 297 g/mol. The lowest BCUT2D eigenvalue weighted by Crippen LogP contribution is -2.07. The van der Waals surface area contributed by atoms with Gasteiger partial charge in [0, 0.05) is 11.3 Å². The number of aryl methyl sites for hydroxylation is 1. The van der Waals surface area contributed by atoms with Gasteiger partial charge in [-0.15, -0.1) is 0 Å². The summed E-state index contributed by atoms with van der Waals surface area (Å²) in [6.07, 6.45) is 0. The van der Waals surface area contributed by atoms with E-state index >= 15 is 0 Å². The molecular formula is C15H15Cl2NO2. The second kappa shape index (κ2) is 5.81. The first-order chi connectivity index (χ1) is 9.38. The van der Waals surface area contributed by atoms with Gasteiger partial charge in [-0.2, -0.15) is 0 Å². The van der Waals surface area contributed by atoms with Crippen LogP contribution in [-0.2, 0) is 0 Å². The lowest BCUT2D eigenvalue weighted by atomic mass is 10.0. The summed E-state index contributed by atoms with van der Waals surface area (Å²) >= 11 is 11.8. The number of rotatable bonds is 3. The third kappa shape index (κ3) is 3.11. The van der Waals surface area contributed by atoms with Gasteiger partial charge < -0.3 is 15.5 Å². The zero-order valence-electron chi connectivity index (χ0n) is 11.1. The van der Waals surface area contributed by atoms with Crippen LogP contribution >= 0.6 is 23.2 Å². The van der Waals surface area contributed by atoms with Crippen LogP contribution in [0.4, 0.5) is 5.69 Å². The molecule has 3 nitrogen and oxygen atoms in total. The fourth-order valence-electron chi connectivity index (χ4n) is 2.00. The first-order valence-electron chi connectivity index (χ1n) is 6.12. The van der Waals surface area contributed by atoms with Crippen LogP contribution in [0, 0.1) is 6.92 Å². The number of phenols is 2. The normalized spacial score (nSPS) is 12.2. The standard InChI is InChI=1S/C15H15Cl2NO2/c1-8-3-4-14(19)11(5-8)9(2)18-10-6-12(16)15(20)13(17)7-10/h3-7,9,18-20H,1-2H3. The largest absolute Gasteiger partial charge is 0.508 e. The molecule has 0 saturated carbocycles. The van der Waals surface area contributed by atoms with Crippen molar-refractivity contribution >= 4 is 28.9 Å². The van der Waals surface area contributed by atoms with Crippen molar-refractivity contribution in [1.29, 1.82) is 0 Å². The van der Waals surface area contributed by atoms with E-state index in [2.05, 4.69) is 5.32 Å². The van der Waals surface area contributed by atoms with E-state index in [0.717, 1.165) is 11.1 Å². The molecule has 0 saturated heterocycles. The maximum atomic E-state index is 9.90. The molecule has 0 aromatic heterocycles. The van der Waals surface area contributed by atoms with E-state index in [4.69, 9.17) is 23.2 Å². The Labute approximate surface area is 127 Å². The van der Waals surface area contributed by atoms with E-state index in [1.165, 1.54) is 0 Å². The Balaban J connectivity index is 2.27. The van der Waals surface area contributed by atoms with Gasteiger partial charge in [-0.3, -0.25) is 0 Å². The third-order valence-electron chi connectivity index (χ3n) is 3.05. The summed E-state index contributed by atoms with van der Waals surface area (Å²) < 4.78 is 0. The highest BCUT2D eigenvalue weighted by atomic mass is 35.5. The van der Waals surface area contributed by atoms with Gasteiger partial charge in [-0.05, 0) is 32.0 Å². The molecule has 20 heavy (non-hydrogen) atoms. The van der Waals surface area contributed by atoms with Crippen LogP contribution < -0.4 is 5.32 Å². The van der Waals surface area contributed by atoms with E-state index in [1.54, 1.807) is 18.2 Å². The zero-order chi connectivity index (χ0) is 14.9. The molecule has 3 N–H and O–H groups in total. The lowest BCUT2D eigenvalue weighted by molar-refractivity contribution is 0.465. The van der Waals surface area contributed by atoms with E-state index in [1.807, 2.05) is 26.0 Å². The molecule has 5 heteroatoms. The number of nitrogens with one attached hydrogen (secondary N) is 1. The highest BCUT2D eigenvalue weighted by Gasteiger charge is 2.13. The van der Waals surface area contributed by atoms with Gasteiger partial charge in [-0.25, -0.2) is 0 Å². The van der Waals surface area contributed by atoms with Crippen LogP contribution in [0.25, 0.3) is 0 Å². The zero-order valence-corrected chi connectivity index (χ0v) is 12.6. The minimum absolute atomic E-state index is 0.133. The van der Waals surface area contributed by atoms with Crippen LogP contribution in [0.15, 0.2) is 30.3 Å². The van der Waals surface area contributed by atoms with Crippen molar-refractivity contribution in [2.75, 3.05) is 5.32 Å². The predicted molar refractivity (Wildman–Crippen MR) is 83.0 cm³/mol. The van der Waals surface area contributed by atoms with Gasteiger partial charge in [0.05, 0.1) is 16.1 Å². The fourth-order valence-corrected chi connectivity index (χ4v) is 2.48. The number of phenolic OH excluding ortho intramolecular Hbond substituents is 2. The maximum absolute atomic E-state index is 9.90. The van der Waals surface area contributed by atoms with E-state index in [9.17, 15) is 10.2 Å². The summed E-state index contributed by atoms with van der Waals surface area (Å²) in [4.78, 5) is 0. The first kappa shape index (κ1) is 14.8. The number of benzene rings is 2. The Morgan fingerprint density at radius 1 is 1.05 bits per heavy atom. The Bertz CT molecular complexity index is 621. The Morgan fingerprint density at radius 3 is 2.25 bits per heavy atom. The van der Waals surface area contributed by atoms with Gasteiger partial charge in [0.1, 0.15) is 5.75 Å². The highest BCUT2D eigenvalue weighted by molar-refractivity contribution is 6.37. The molecule has 0 heterocycles. The van der Waals surface area contributed by atoms with Gasteiger partial charge in [0.25, 0.3) is 0 Å². The van der Waals surface area contributed by atoms with Gasteiger partial charge in [0.2, 0.25) is 0 Å². The molecule has 1 unspecified atom stereocenters. The van der Waals surface area contributed by atoms with E-state index < -0.39 is 0 Å². The van der Waals surface area contributed by atoms with Crippen LogP contribution in [0.5, 0.6) is 11.5 Å². The van der Waals surface area contributed by atoms with Crippen molar-refractivity contribution in [3.63, 3.8) is 0 Å². The summed E-state index contributed by atoms with van der Waals surface area (Å²) in [6.45, 7) is 3.88. The molecule has 106 valence electrons. The summed E-state index contributed by atoms with van der Waals surface area (Å²) in [6, 6.07) is 8.47. The average Bonchev–Trinajstić information content (AvgIpc) is 2.38. The lowest BCUT2D eigenvalue weighted by Gasteiger charge is -2.18. The molecule has 0 spiro atoms. The fraction of sp³-hybridized carbons (Fsp3) is 0.200. The first-order valence-corrected chi connectivity index (χ1v) is 6.88. The Kier molecular flexibility index (Phi) is 4.31. The van der Waals surface area contributed by atoms with Gasteiger partial charge in [0.15, 0.2) is 5.75 Å². The predicted octanol–water partition coefficient (Wildman–Crippen LogP) is 4.89. The SMILES string of the molecule is Cc1ccc(O)c(C(C)Nc2cc(Cl)c(O)c(Cl)c2)c1. The average molecular weight is 312 g/mol. The molecule has 0 aliphatic rings. The summed E-state index contributed by atoms with van der Waals surface area (Å²) in [5.41, 5.74) is 2.52. The van der Waals surface area contributed by atoms with Crippen LogP contribution in [-0.4, -0.2) is 10.2 Å². The third-order valence-corrected chi connectivity index (χ3v) is 3.63. The summed E-state index contributed by atoms with van der Waals surface area (Å²) in [5, 5.41) is 23.0. The topological polar surface area (TPSA) is 52.5 Å². The molecule has 0 radical (unpaired) electrons. The monoisotopic (exact) mass is 311 g/mol. The molecule has 0 fully saturated rings. The van der Waals surface area contributed by atoms with Crippen LogP contribution in [0.3, 0.4) is 0 Å². The Hall–Kier alpha value is -1.58. The molecule has 0 bridgehead atoms. The van der Waals surface area contributed by atoms with Crippen molar-refractivity contribution < 1.29 is 10.2 Å². The molecule has 2 rings (SSSR count). The van der Waals surface area contributed by atoms with E-state index in [-0.39, 0.29) is 27.6 Å². The Morgan fingerprint density at radius 2 is 1.65 bits per heavy atom. The van der Waals surface area contributed by atoms with Crippen LogP contribution in [0.2, 0.25) is 10.0 Å². The molecule has 2 aromatic rings. The van der Waals surface area contributed by atoms with Crippen molar-refractivity contribution in [2.45, 2.75) is 19.9 Å². The number of hydrogen-bond donors (Lipinski definition) is 3. The van der Waals surface area contributed by atoms with Gasteiger partial charge >= 0.3 is 0 Å². The minimum Gasteiger partial charge on any atom is -0.508 e. The number of anilines is 1.